The van der Waals surface area contributed by atoms with E-state index >= 15 is 0 Å². The molecular weight excluding hydrogens is 362 g/mol. The molecule has 0 radical (unpaired) electrons. The van der Waals surface area contributed by atoms with E-state index < -0.39 is 5.41 Å². The highest BCUT2D eigenvalue weighted by Gasteiger charge is 2.20. The van der Waals surface area contributed by atoms with Crippen LogP contribution < -0.4 is 16.4 Å². The molecule has 0 spiro atoms. The fraction of sp³-hybridized carbons (Fsp3) is 0.417. The van der Waals surface area contributed by atoms with Gasteiger partial charge in [-0.2, -0.15) is 0 Å². The van der Waals surface area contributed by atoms with E-state index in [1.54, 1.807) is 12.1 Å². The van der Waals surface area contributed by atoms with E-state index in [0.29, 0.717) is 24.6 Å². The van der Waals surface area contributed by atoms with Gasteiger partial charge in [-0.15, -0.1) is 0 Å². The van der Waals surface area contributed by atoms with Crippen molar-refractivity contribution < 1.29 is 9.59 Å². The topological polar surface area (TPSA) is 84.2 Å². The van der Waals surface area contributed by atoms with E-state index in [1.165, 1.54) is 5.56 Å². The lowest BCUT2D eigenvalue weighted by molar-refractivity contribution is -0.128. The predicted octanol–water partition coefficient (Wildman–Crippen LogP) is 3.90. The Kier molecular flexibility index (Phi) is 7.57. The molecule has 0 fully saturated rings. The predicted molar refractivity (Wildman–Crippen MR) is 118 cm³/mol. The van der Waals surface area contributed by atoms with Crippen molar-refractivity contribution in [3.05, 3.63) is 70.8 Å². The average Bonchev–Trinajstić information content (AvgIpc) is 2.69. The minimum atomic E-state index is -0.423. The Hall–Kier alpha value is -2.66. The molecule has 0 bridgehead atoms. The van der Waals surface area contributed by atoms with Crippen LogP contribution in [0.15, 0.2) is 48.5 Å². The number of nitrogens with two attached hydrogens (primary N) is 1. The molecule has 0 aliphatic carbocycles. The molecule has 0 heterocycles. The van der Waals surface area contributed by atoms with Crippen molar-refractivity contribution in [2.45, 2.75) is 53.1 Å². The van der Waals surface area contributed by atoms with Gasteiger partial charge in [-0.05, 0) is 34.7 Å². The minimum absolute atomic E-state index is 0.00488. The zero-order valence-electron chi connectivity index (χ0n) is 18.1. The second-order valence-electron chi connectivity index (χ2n) is 8.77. The van der Waals surface area contributed by atoms with Crippen LogP contribution in [0, 0.1) is 5.41 Å². The molecule has 0 aliphatic rings. The second-order valence-corrected chi connectivity index (χ2v) is 8.77. The van der Waals surface area contributed by atoms with Crippen LogP contribution >= 0.6 is 0 Å². The summed E-state index contributed by atoms with van der Waals surface area (Å²) in [5.74, 6) is 0.309. The molecule has 5 nitrogen and oxygen atoms in total. The van der Waals surface area contributed by atoms with Crippen LogP contribution in [-0.2, 0) is 11.3 Å². The summed E-state index contributed by atoms with van der Waals surface area (Å²) in [4.78, 5) is 24.3. The molecule has 0 saturated heterocycles. The number of nitrogens with one attached hydrogen (secondary N) is 2. The smallest absolute Gasteiger partial charge is 0.251 e. The van der Waals surface area contributed by atoms with E-state index in [2.05, 4.69) is 36.6 Å². The summed E-state index contributed by atoms with van der Waals surface area (Å²) in [6, 6.07) is 15.2. The number of carbonyl (C=O) groups excluding carboxylic acids is 2. The summed E-state index contributed by atoms with van der Waals surface area (Å²) in [5.41, 5.74) is 9.58. The van der Waals surface area contributed by atoms with Crippen molar-refractivity contribution in [1.82, 2.24) is 10.6 Å². The van der Waals surface area contributed by atoms with Gasteiger partial charge in [0.2, 0.25) is 5.91 Å². The van der Waals surface area contributed by atoms with Crippen LogP contribution in [-0.4, -0.2) is 18.4 Å². The monoisotopic (exact) mass is 395 g/mol. The molecule has 1 atom stereocenters. The van der Waals surface area contributed by atoms with Crippen LogP contribution in [0.5, 0.6) is 0 Å². The van der Waals surface area contributed by atoms with Crippen molar-refractivity contribution in [3.63, 3.8) is 0 Å². The Labute approximate surface area is 174 Å². The standard InChI is InChI=1S/C24H33N3O2/c1-16(2)18-10-12-19(13-11-18)21(25)15-26-22(28)20-8-6-17(7-9-20)14-27-23(29)24(3,4)5/h6-13,16,21H,14-15,25H2,1-5H3,(H,26,28)(H,27,29). The van der Waals surface area contributed by atoms with Crippen LogP contribution in [0.1, 0.15) is 73.6 Å². The number of amides is 2. The highest BCUT2D eigenvalue weighted by atomic mass is 16.2. The van der Waals surface area contributed by atoms with Crippen molar-refractivity contribution in [1.29, 1.82) is 0 Å². The van der Waals surface area contributed by atoms with Crippen molar-refractivity contribution in [2.24, 2.45) is 11.1 Å². The fourth-order valence-electron chi connectivity index (χ4n) is 2.77. The van der Waals surface area contributed by atoms with E-state index in [0.717, 1.165) is 11.1 Å². The van der Waals surface area contributed by atoms with Crippen LogP contribution in [0.2, 0.25) is 0 Å². The molecule has 2 amide bonds. The van der Waals surface area contributed by atoms with Crippen molar-refractivity contribution in [2.75, 3.05) is 6.54 Å². The Morgan fingerprint density at radius 2 is 1.45 bits per heavy atom. The first-order valence-electron chi connectivity index (χ1n) is 10.1. The maximum atomic E-state index is 12.4. The van der Waals surface area contributed by atoms with E-state index in [9.17, 15) is 9.59 Å². The fourth-order valence-corrected chi connectivity index (χ4v) is 2.77. The van der Waals surface area contributed by atoms with Gasteiger partial charge in [0.05, 0.1) is 0 Å². The largest absolute Gasteiger partial charge is 0.352 e. The quantitative estimate of drug-likeness (QED) is 0.665. The van der Waals surface area contributed by atoms with E-state index in [-0.39, 0.29) is 17.9 Å². The molecule has 156 valence electrons. The second kappa shape index (κ2) is 9.70. The molecule has 0 aliphatic heterocycles. The lowest BCUT2D eigenvalue weighted by Gasteiger charge is -2.17. The first-order valence-corrected chi connectivity index (χ1v) is 10.1. The molecular formula is C24H33N3O2. The van der Waals surface area contributed by atoms with E-state index in [1.807, 2.05) is 45.0 Å². The van der Waals surface area contributed by atoms with Crippen LogP contribution in [0.3, 0.4) is 0 Å². The van der Waals surface area contributed by atoms with Crippen molar-refractivity contribution >= 4 is 11.8 Å². The minimum Gasteiger partial charge on any atom is -0.352 e. The summed E-state index contributed by atoms with van der Waals surface area (Å²) >= 11 is 0. The normalized spacial score (nSPS) is 12.5. The molecule has 1 unspecified atom stereocenters. The first kappa shape index (κ1) is 22.6. The van der Waals surface area contributed by atoms with Gasteiger partial charge in [0, 0.05) is 30.1 Å². The van der Waals surface area contributed by atoms with Gasteiger partial charge in [0.15, 0.2) is 0 Å². The van der Waals surface area contributed by atoms with Gasteiger partial charge in [-0.25, -0.2) is 0 Å². The van der Waals surface area contributed by atoms with Gasteiger partial charge < -0.3 is 16.4 Å². The SMILES string of the molecule is CC(C)c1ccc(C(N)CNC(=O)c2ccc(CNC(=O)C(C)(C)C)cc2)cc1. The van der Waals surface area contributed by atoms with Gasteiger partial charge in [0.1, 0.15) is 0 Å². The molecule has 2 rings (SSSR count). The molecule has 29 heavy (non-hydrogen) atoms. The Bertz CT molecular complexity index is 819. The average molecular weight is 396 g/mol. The Morgan fingerprint density at radius 3 is 1.97 bits per heavy atom. The summed E-state index contributed by atoms with van der Waals surface area (Å²) in [7, 11) is 0. The van der Waals surface area contributed by atoms with Crippen LogP contribution in [0.4, 0.5) is 0 Å². The van der Waals surface area contributed by atoms with Crippen molar-refractivity contribution in [3.8, 4) is 0 Å². The number of carbonyl (C=O) groups is 2. The van der Waals surface area contributed by atoms with Crippen LogP contribution in [0.25, 0.3) is 0 Å². The third-order valence-electron chi connectivity index (χ3n) is 4.86. The maximum Gasteiger partial charge on any atom is 0.251 e. The first-order chi connectivity index (χ1) is 13.6. The summed E-state index contributed by atoms with van der Waals surface area (Å²) in [6.07, 6.45) is 0. The number of rotatable bonds is 7. The molecule has 0 saturated carbocycles. The Balaban J connectivity index is 1.86. The third-order valence-corrected chi connectivity index (χ3v) is 4.86. The van der Waals surface area contributed by atoms with Gasteiger partial charge >= 0.3 is 0 Å². The van der Waals surface area contributed by atoms with Gasteiger partial charge in [-0.1, -0.05) is 71.0 Å². The molecule has 4 N–H and O–H groups in total. The highest BCUT2D eigenvalue weighted by molar-refractivity contribution is 5.94. The lowest BCUT2D eigenvalue weighted by Crippen LogP contribution is -2.34. The Morgan fingerprint density at radius 1 is 0.897 bits per heavy atom. The van der Waals surface area contributed by atoms with Gasteiger partial charge in [-0.3, -0.25) is 9.59 Å². The zero-order valence-corrected chi connectivity index (χ0v) is 18.1. The summed E-state index contributed by atoms with van der Waals surface area (Å²) < 4.78 is 0. The van der Waals surface area contributed by atoms with Gasteiger partial charge in [0.25, 0.3) is 5.91 Å². The maximum absolute atomic E-state index is 12.4. The summed E-state index contributed by atoms with van der Waals surface area (Å²) in [5, 5.41) is 5.79. The summed E-state index contributed by atoms with van der Waals surface area (Å²) in [6.45, 7) is 10.7. The molecule has 0 aromatic heterocycles. The molecule has 2 aromatic carbocycles. The number of benzene rings is 2. The number of hydrogen-bond donors (Lipinski definition) is 3. The molecule has 5 heteroatoms. The molecule has 2 aromatic rings. The number of hydrogen-bond acceptors (Lipinski definition) is 3. The zero-order chi connectivity index (χ0) is 21.6. The highest BCUT2D eigenvalue weighted by Crippen LogP contribution is 2.17. The lowest BCUT2D eigenvalue weighted by atomic mass is 9.95. The van der Waals surface area contributed by atoms with E-state index in [4.69, 9.17) is 5.73 Å². The third kappa shape index (κ3) is 6.71.